The fourth-order valence-corrected chi connectivity index (χ4v) is 5.77. The van der Waals surface area contributed by atoms with Gasteiger partial charge in [0, 0.05) is 24.5 Å². The molecular formula is C37H36F2N4O4S. The van der Waals surface area contributed by atoms with E-state index < -0.39 is 6.09 Å². The van der Waals surface area contributed by atoms with Crippen LogP contribution < -0.4 is 10.1 Å². The molecule has 6 rings (SSSR count). The number of amides is 2. The number of aromatic nitrogens is 2. The van der Waals surface area contributed by atoms with Crippen molar-refractivity contribution in [3.63, 3.8) is 0 Å². The third-order valence-electron chi connectivity index (χ3n) is 7.78. The monoisotopic (exact) mass is 670 g/mol. The van der Waals surface area contributed by atoms with Gasteiger partial charge in [0.2, 0.25) is 11.0 Å². The van der Waals surface area contributed by atoms with E-state index in [0.29, 0.717) is 18.4 Å². The molecule has 1 N–H and O–H groups in total. The fraction of sp³-hybridized carbons (Fsp3) is 0.243. The second-order valence-corrected chi connectivity index (χ2v) is 12.1. The summed E-state index contributed by atoms with van der Waals surface area (Å²) in [5.41, 5.74) is 3.91. The minimum absolute atomic E-state index is 0.0423. The van der Waals surface area contributed by atoms with E-state index in [4.69, 9.17) is 9.47 Å². The van der Waals surface area contributed by atoms with Gasteiger partial charge in [0.05, 0.1) is 19.6 Å². The van der Waals surface area contributed by atoms with Crippen LogP contribution in [0.5, 0.6) is 5.75 Å². The average Bonchev–Trinajstić information content (AvgIpc) is 3.71. The van der Waals surface area contributed by atoms with Crippen molar-refractivity contribution >= 4 is 28.7 Å². The molecule has 0 bridgehead atoms. The molecule has 2 heterocycles. The van der Waals surface area contributed by atoms with Gasteiger partial charge in [-0.3, -0.25) is 4.79 Å². The van der Waals surface area contributed by atoms with Crippen LogP contribution in [0.2, 0.25) is 0 Å². The van der Waals surface area contributed by atoms with Crippen molar-refractivity contribution in [2.24, 2.45) is 0 Å². The molecule has 2 atom stereocenters. The molecule has 1 aliphatic rings. The van der Waals surface area contributed by atoms with E-state index >= 15 is 0 Å². The zero-order chi connectivity index (χ0) is 33.9. The van der Waals surface area contributed by atoms with E-state index in [2.05, 4.69) is 21.6 Å². The van der Waals surface area contributed by atoms with Crippen molar-refractivity contribution in [1.29, 1.82) is 0 Å². The SMILES string of the molecule is COc1cccc(Cc2nsc(NC[C@@H](C)c3ccc(F)cc3)n2)c1.O=C(Cc1ccc(F)cc1)N1C(=O)OC[C@@H]1Cc1ccccc1. The molecule has 11 heteroatoms. The molecule has 1 saturated heterocycles. The number of methoxy groups -OCH3 is 1. The van der Waals surface area contributed by atoms with Gasteiger partial charge in [-0.2, -0.15) is 4.37 Å². The molecule has 248 valence electrons. The number of hydrogen-bond acceptors (Lipinski definition) is 8. The molecule has 0 spiro atoms. The second kappa shape index (κ2) is 16.6. The first kappa shape index (κ1) is 34.2. The van der Waals surface area contributed by atoms with Crippen LogP contribution in [-0.4, -0.2) is 52.6 Å². The van der Waals surface area contributed by atoms with Gasteiger partial charge in [-0.15, -0.1) is 0 Å². The standard InChI is InChI=1S/C19H20FN3OS.C18H16FNO3/c1-13(15-6-8-16(20)9-7-15)12-21-19-22-18(23-25-19)11-14-4-3-5-17(10-14)24-2;19-15-8-6-14(7-9-15)11-17(21)20-16(12-23-18(20)22)10-13-4-2-1-3-5-13/h3-10,13H,11-12H2,1-2H3,(H,21,22,23);1-9,16H,10-12H2/t13-;16-/m10/s1. The number of carbonyl (C=O) groups excluding carboxylic acids is 2. The summed E-state index contributed by atoms with van der Waals surface area (Å²) < 4.78 is 40.6. The van der Waals surface area contributed by atoms with Crippen molar-refractivity contribution in [3.05, 3.63) is 143 Å². The van der Waals surface area contributed by atoms with Gasteiger partial charge in [-0.1, -0.05) is 73.7 Å². The topological polar surface area (TPSA) is 93.6 Å². The van der Waals surface area contributed by atoms with Crippen LogP contribution in [0.1, 0.15) is 40.9 Å². The highest BCUT2D eigenvalue weighted by molar-refractivity contribution is 7.09. The molecule has 0 unspecified atom stereocenters. The number of benzene rings is 4. The first-order valence-corrected chi connectivity index (χ1v) is 16.3. The molecule has 2 amide bonds. The van der Waals surface area contributed by atoms with Gasteiger partial charge < -0.3 is 14.8 Å². The quantitative estimate of drug-likeness (QED) is 0.156. The van der Waals surface area contributed by atoms with Crippen molar-refractivity contribution in [2.75, 3.05) is 25.6 Å². The van der Waals surface area contributed by atoms with Gasteiger partial charge in [-0.25, -0.2) is 23.5 Å². The number of cyclic esters (lactones) is 1. The molecular weight excluding hydrogens is 634 g/mol. The molecule has 0 saturated carbocycles. The predicted molar refractivity (Wildman–Crippen MR) is 181 cm³/mol. The van der Waals surface area contributed by atoms with Crippen LogP contribution in [-0.2, 0) is 28.8 Å². The molecule has 8 nitrogen and oxygen atoms in total. The number of nitrogens with zero attached hydrogens (tertiary/aromatic N) is 3. The minimum Gasteiger partial charge on any atom is -0.497 e. The lowest BCUT2D eigenvalue weighted by molar-refractivity contribution is -0.128. The number of anilines is 1. The molecule has 5 aromatic rings. The largest absolute Gasteiger partial charge is 0.497 e. The number of imide groups is 1. The summed E-state index contributed by atoms with van der Waals surface area (Å²) in [5.74, 6) is 0.972. The normalized spacial score (nSPS) is 14.5. The second-order valence-electron chi connectivity index (χ2n) is 11.4. The Hall–Kier alpha value is -5.16. The zero-order valence-corrected chi connectivity index (χ0v) is 27.5. The summed E-state index contributed by atoms with van der Waals surface area (Å²) in [6, 6.07) is 29.5. The Labute approximate surface area is 282 Å². The van der Waals surface area contributed by atoms with Crippen LogP contribution in [0.3, 0.4) is 0 Å². The highest BCUT2D eigenvalue weighted by Crippen LogP contribution is 2.21. The third kappa shape index (κ3) is 9.68. The van der Waals surface area contributed by atoms with E-state index in [0.717, 1.165) is 39.9 Å². The summed E-state index contributed by atoms with van der Waals surface area (Å²) in [7, 11) is 1.66. The van der Waals surface area contributed by atoms with Crippen LogP contribution in [0.15, 0.2) is 103 Å². The molecule has 0 aliphatic carbocycles. The Morgan fingerprint density at radius 2 is 1.65 bits per heavy atom. The number of nitrogens with one attached hydrogen (secondary N) is 1. The number of carbonyl (C=O) groups is 2. The Balaban J connectivity index is 0.000000188. The van der Waals surface area contributed by atoms with Crippen molar-refractivity contribution < 1.29 is 27.8 Å². The minimum atomic E-state index is -0.613. The summed E-state index contributed by atoms with van der Waals surface area (Å²) in [5, 5.41) is 4.11. The van der Waals surface area contributed by atoms with Gasteiger partial charge in [0.25, 0.3) is 0 Å². The van der Waals surface area contributed by atoms with Crippen LogP contribution in [0, 0.1) is 11.6 Å². The maximum atomic E-state index is 13.0. The first-order valence-electron chi connectivity index (χ1n) is 15.5. The zero-order valence-electron chi connectivity index (χ0n) is 26.6. The van der Waals surface area contributed by atoms with Crippen LogP contribution in [0.25, 0.3) is 0 Å². The number of ether oxygens (including phenoxy) is 2. The van der Waals surface area contributed by atoms with E-state index in [1.54, 1.807) is 19.2 Å². The smallest absolute Gasteiger partial charge is 0.416 e. The lowest BCUT2D eigenvalue weighted by Gasteiger charge is -2.19. The van der Waals surface area contributed by atoms with Gasteiger partial charge in [-0.05, 0) is 71.0 Å². The predicted octanol–water partition coefficient (Wildman–Crippen LogP) is 7.45. The van der Waals surface area contributed by atoms with Crippen LogP contribution in [0.4, 0.5) is 18.7 Å². The summed E-state index contributed by atoms with van der Waals surface area (Å²) in [4.78, 5) is 30.0. The lowest BCUT2D eigenvalue weighted by Crippen LogP contribution is -2.41. The lowest BCUT2D eigenvalue weighted by atomic mass is 10.0. The Morgan fingerprint density at radius 1 is 0.958 bits per heavy atom. The average molecular weight is 671 g/mol. The fourth-order valence-electron chi connectivity index (χ4n) is 5.18. The Bertz CT molecular complexity index is 1790. The van der Waals surface area contributed by atoms with Crippen LogP contribution >= 0.6 is 11.5 Å². The molecule has 1 aromatic heterocycles. The third-order valence-corrected chi connectivity index (χ3v) is 8.49. The molecule has 0 radical (unpaired) electrons. The first-order chi connectivity index (χ1) is 23.3. The summed E-state index contributed by atoms with van der Waals surface area (Å²) in [6.45, 7) is 3.01. The molecule has 1 fully saturated rings. The molecule has 4 aromatic carbocycles. The molecule has 48 heavy (non-hydrogen) atoms. The van der Waals surface area contributed by atoms with E-state index in [9.17, 15) is 18.4 Å². The summed E-state index contributed by atoms with van der Waals surface area (Å²) >= 11 is 1.35. The number of halogens is 2. The summed E-state index contributed by atoms with van der Waals surface area (Å²) in [6.07, 6.45) is 0.656. The van der Waals surface area contributed by atoms with Crippen molar-refractivity contribution in [1.82, 2.24) is 14.3 Å². The highest BCUT2D eigenvalue weighted by Gasteiger charge is 2.37. The van der Waals surface area contributed by atoms with E-state index in [1.807, 2.05) is 66.7 Å². The Kier molecular flexibility index (Phi) is 11.8. The van der Waals surface area contributed by atoms with Crippen molar-refractivity contribution in [2.45, 2.75) is 38.1 Å². The highest BCUT2D eigenvalue weighted by atomic mass is 32.1. The van der Waals surface area contributed by atoms with E-state index in [-0.39, 0.29) is 42.5 Å². The van der Waals surface area contributed by atoms with Gasteiger partial charge in [0.15, 0.2) is 0 Å². The van der Waals surface area contributed by atoms with Gasteiger partial charge in [0.1, 0.15) is 29.8 Å². The number of rotatable bonds is 11. The molecule has 1 aliphatic heterocycles. The van der Waals surface area contributed by atoms with Crippen molar-refractivity contribution in [3.8, 4) is 5.75 Å². The Morgan fingerprint density at radius 3 is 2.35 bits per heavy atom. The number of hydrogen-bond donors (Lipinski definition) is 1. The van der Waals surface area contributed by atoms with E-state index in [1.165, 1.54) is 40.7 Å². The maximum Gasteiger partial charge on any atom is 0.416 e. The van der Waals surface area contributed by atoms with Gasteiger partial charge >= 0.3 is 6.09 Å². The maximum absolute atomic E-state index is 13.0.